The van der Waals surface area contributed by atoms with Crippen molar-refractivity contribution in [2.45, 2.75) is 26.1 Å². The van der Waals surface area contributed by atoms with E-state index in [2.05, 4.69) is 10.2 Å². The van der Waals surface area contributed by atoms with E-state index in [0.717, 1.165) is 25.1 Å². The maximum atomic E-state index is 14.6. The van der Waals surface area contributed by atoms with Crippen LogP contribution >= 0.6 is 0 Å². The highest BCUT2D eigenvalue weighted by atomic mass is 19.4. The number of nitrogens with zero attached hydrogens (tertiary/aromatic N) is 2. The Labute approximate surface area is 155 Å². The molecule has 0 amide bonds. The summed E-state index contributed by atoms with van der Waals surface area (Å²) in [6, 6.07) is 1.53. The molecule has 0 aliphatic rings. The third-order valence-corrected chi connectivity index (χ3v) is 3.96. The fraction of sp³-hybridized carbons (Fsp3) is 0.500. The second-order valence-electron chi connectivity index (χ2n) is 6.17. The number of benzene rings is 1. The molecule has 1 aromatic heterocycles. The largest absolute Gasteiger partial charge is 0.490 e. The normalized spacial score (nSPS) is 12.0. The van der Waals surface area contributed by atoms with Gasteiger partial charge >= 0.3 is 6.18 Å². The Morgan fingerprint density at radius 2 is 1.93 bits per heavy atom. The molecule has 0 atom stereocenters. The average molecular weight is 389 g/mol. The highest BCUT2D eigenvalue weighted by Gasteiger charge is 2.36. The highest BCUT2D eigenvalue weighted by molar-refractivity contribution is 5.68. The molecule has 1 aromatic carbocycles. The van der Waals surface area contributed by atoms with Gasteiger partial charge in [0.15, 0.2) is 0 Å². The lowest BCUT2D eigenvalue weighted by Crippen LogP contribution is -2.19. The number of alkyl halides is 3. The zero-order valence-corrected chi connectivity index (χ0v) is 15.5. The van der Waals surface area contributed by atoms with E-state index in [4.69, 9.17) is 9.47 Å². The maximum Gasteiger partial charge on any atom is 0.419 e. The van der Waals surface area contributed by atoms with Crippen LogP contribution in [0.25, 0.3) is 11.1 Å². The lowest BCUT2D eigenvalue weighted by Gasteiger charge is -2.18. The van der Waals surface area contributed by atoms with Crippen molar-refractivity contribution in [3.8, 4) is 16.9 Å². The molecule has 2 rings (SSSR count). The van der Waals surface area contributed by atoms with Crippen molar-refractivity contribution in [2.75, 3.05) is 33.9 Å². The van der Waals surface area contributed by atoms with E-state index >= 15 is 0 Å². The summed E-state index contributed by atoms with van der Waals surface area (Å²) < 4.78 is 64.8. The molecule has 0 spiro atoms. The predicted octanol–water partition coefficient (Wildman–Crippen LogP) is 4.10. The number of nitrogens with one attached hydrogen (secondary N) is 1. The summed E-state index contributed by atoms with van der Waals surface area (Å²) >= 11 is 0. The minimum Gasteiger partial charge on any atom is -0.490 e. The first-order valence-electron chi connectivity index (χ1n) is 8.51. The minimum atomic E-state index is -4.69. The Hall–Kier alpha value is -2.13. The third-order valence-electron chi connectivity index (χ3n) is 3.96. The summed E-state index contributed by atoms with van der Waals surface area (Å²) in [5, 5.41) is 6.63. The molecule has 150 valence electrons. The molecule has 0 aliphatic heterocycles. The number of hydrogen-bond donors (Lipinski definition) is 1. The molecule has 0 saturated heterocycles. The summed E-state index contributed by atoms with van der Waals surface area (Å²) in [5.74, 6) is -1.37. The van der Waals surface area contributed by atoms with Crippen LogP contribution < -0.4 is 4.74 Å². The second-order valence-corrected chi connectivity index (χ2v) is 6.17. The number of halogens is 4. The van der Waals surface area contributed by atoms with Crippen LogP contribution in [0.2, 0.25) is 0 Å². The molecule has 0 bridgehead atoms. The zero-order chi connectivity index (χ0) is 20.0. The molecule has 0 saturated carbocycles. The van der Waals surface area contributed by atoms with Gasteiger partial charge in [0, 0.05) is 30.8 Å². The van der Waals surface area contributed by atoms with Crippen LogP contribution in [0.3, 0.4) is 0 Å². The van der Waals surface area contributed by atoms with Gasteiger partial charge in [0.05, 0.1) is 24.1 Å². The van der Waals surface area contributed by atoms with Gasteiger partial charge in [0.25, 0.3) is 0 Å². The third kappa shape index (κ3) is 5.43. The molecule has 9 heteroatoms. The van der Waals surface area contributed by atoms with Crippen molar-refractivity contribution in [1.82, 2.24) is 15.1 Å². The first kappa shape index (κ1) is 21.2. The van der Waals surface area contributed by atoms with Gasteiger partial charge in [-0.1, -0.05) is 6.92 Å². The molecule has 5 nitrogen and oxygen atoms in total. The predicted molar refractivity (Wildman–Crippen MR) is 93.0 cm³/mol. The summed E-state index contributed by atoms with van der Waals surface area (Å²) in [7, 11) is 3.27. The highest BCUT2D eigenvalue weighted by Crippen LogP contribution is 2.40. The van der Waals surface area contributed by atoms with E-state index in [-0.39, 0.29) is 18.8 Å². The molecule has 0 aliphatic carbocycles. The smallest absolute Gasteiger partial charge is 0.419 e. The lowest BCUT2D eigenvalue weighted by molar-refractivity contribution is -0.139. The second kappa shape index (κ2) is 9.18. The fourth-order valence-electron chi connectivity index (χ4n) is 2.73. The van der Waals surface area contributed by atoms with Crippen LogP contribution in [0.5, 0.6) is 5.75 Å². The minimum absolute atomic E-state index is 0.0936. The standard InChI is InChI=1S/C18H23F4N3O2/c1-4-5-25(2)11-16-13(10-23-24-16)12-8-14(18(20,21)22)17(9-15(12)19)27-7-6-26-3/h8-10H,4-7,11H2,1-3H3,(H,23,24). The van der Waals surface area contributed by atoms with Crippen LogP contribution in [0.15, 0.2) is 18.3 Å². The van der Waals surface area contributed by atoms with E-state index in [0.29, 0.717) is 17.8 Å². The Balaban J connectivity index is 2.42. The van der Waals surface area contributed by atoms with E-state index in [1.807, 2.05) is 18.9 Å². The van der Waals surface area contributed by atoms with E-state index in [9.17, 15) is 17.6 Å². The quantitative estimate of drug-likeness (QED) is 0.518. The molecule has 27 heavy (non-hydrogen) atoms. The van der Waals surface area contributed by atoms with Crippen LogP contribution in [0.4, 0.5) is 17.6 Å². The van der Waals surface area contributed by atoms with Crippen molar-refractivity contribution >= 4 is 0 Å². The summed E-state index contributed by atoms with van der Waals surface area (Å²) in [6.45, 7) is 3.20. The Morgan fingerprint density at radius 3 is 2.56 bits per heavy atom. The fourth-order valence-corrected chi connectivity index (χ4v) is 2.73. The molecule has 0 fully saturated rings. The van der Waals surface area contributed by atoms with E-state index in [1.54, 1.807) is 0 Å². The van der Waals surface area contributed by atoms with Gasteiger partial charge in [-0.25, -0.2) is 4.39 Å². The number of hydrogen-bond acceptors (Lipinski definition) is 4. The monoisotopic (exact) mass is 389 g/mol. The van der Waals surface area contributed by atoms with Crippen molar-refractivity contribution in [3.63, 3.8) is 0 Å². The number of methoxy groups -OCH3 is 1. The van der Waals surface area contributed by atoms with Crippen molar-refractivity contribution in [1.29, 1.82) is 0 Å². The van der Waals surface area contributed by atoms with Gasteiger partial charge in [-0.15, -0.1) is 0 Å². The van der Waals surface area contributed by atoms with Crippen molar-refractivity contribution in [2.24, 2.45) is 0 Å². The summed E-state index contributed by atoms with van der Waals surface area (Å²) in [6.07, 6.45) is -2.44. The lowest BCUT2D eigenvalue weighted by atomic mass is 10.0. The zero-order valence-electron chi connectivity index (χ0n) is 15.5. The Kier molecular flexibility index (Phi) is 7.20. The number of rotatable bonds is 9. The molecule has 1 heterocycles. The summed E-state index contributed by atoms with van der Waals surface area (Å²) in [5.41, 5.74) is -0.366. The molecule has 0 unspecified atom stereocenters. The van der Waals surface area contributed by atoms with Crippen LogP contribution in [0.1, 0.15) is 24.6 Å². The molecular weight excluding hydrogens is 366 g/mol. The summed E-state index contributed by atoms with van der Waals surface area (Å²) in [4.78, 5) is 1.97. The van der Waals surface area contributed by atoms with Gasteiger partial charge in [0.1, 0.15) is 18.2 Å². The number of H-pyrrole nitrogens is 1. The average Bonchev–Trinajstić information content (AvgIpc) is 3.02. The number of aromatic amines is 1. The van der Waals surface area contributed by atoms with Gasteiger partial charge in [-0.05, 0) is 26.1 Å². The van der Waals surface area contributed by atoms with Gasteiger partial charge in [-0.3, -0.25) is 5.10 Å². The topological polar surface area (TPSA) is 50.4 Å². The molecule has 0 radical (unpaired) electrons. The van der Waals surface area contributed by atoms with E-state index in [1.165, 1.54) is 13.3 Å². The Bertz CT molecular complexity index is 747. The molecule has 2 aromatic rings. The maximum absolute atomic E-state index is 14.6. The SMILES string of the molecule is CCCN(C)Cc1[nH]ncc1-c1cc(C(F)(F)F)c(OCCOC)cc1F. The van der Waals surface area contributed by atoms with Crippen molar-refractivity contribution < 1.29 is 27.0 Å². The van der Waals surface area contributed by atoms with Gasteiger partial charge in [-0.2, -0.15) is 18.3 Å². The number of ether oxygens (including phenoxy) is 2. The molecular formula is C18H23F4N3O2. The van der Waals surface area contributed by atoms with Crippen LogP contribution in [-0.4, -0.2) is 49.0 Å². The Morgan fingerprint density at radius 1 is 1.19 bits per heavy atom. The first-order chi connectivity index (χ1) is 12.8. The molecule has 1 N–H and O–H groups in total. The van der Waals surface area contributed by atoms with Crippen LogP contribution in [-0.2, 0) is 17.5 Å². The van der Waals surface area contributed by atoms with Gasteiger partial charge in [0.2, 0.25) is 0 Å². The van der Waals surface area contributed by atoms with Gasteiger partial charge < -0.3 is 14.4 Å². The number of aromatic nitrogens is 2. The van der Waals surface area contributed by atoms with E-state index < -0.39 is 23.3 Å². The van der Waals surface area contributed by atoms with Crippen molar-refractivity contribution in [3.05, 3.63) is 35.4 Å². The first-order valence-corrected chi connectivity index (χ1v) is 8.51. The van der Waals surface area contributed by atoms with Crippen LogP contribution in [0, 0.1) is 5.82 Å².